The van der Waals surface area contributed by atoms with E-state index in [-0.39, 0.29) is 29.2 Å². The van der Waals surface area contributed by atoms with Crippen LogP contribution in [0.3, 0.4) is 0 Å². The van der Waals surface area contributed by atoms with E-state index in [1.165, 1.54) is 0 Å². The van der Waals surface area contributed by atoms with Crippen LogP contribution in [0.15, 0.2) is 18.2 Å². The van der Waals surface area contributed by atoms with Gasteiger partial charge in [0.1, 0.15) is 13.2 Å². The van der Waals surface area contributed by atoms with Crippen LogP contribution in [0.25, 0.3) is 0 Å². The molecular weight excluding hydrogens is 296 g/mol. The third kappa shape index (κ3) is 3.75. The normalized spacial score (nSPS) is 22.2. The summed E-state index contributed by atoms with van der Waals surface area (Å²) in [6.07, 6.45) is 0.596. The monoisotopic (exact) mass is 318 g/mol. The second-order valence-corrected chi connectivity index (χ2v) is 7.04. The number of carbonyl (C=O) groups is 2. The van der Waals surface area contributed by atoms with Gasteiger partial charge in [0, 0.05) is 17.3 Å². The Labute approximate surface area is 135 Å². The molecule has 23 heavy (non-hydrogen) atoms. The molecule has 2 amide bonds. The molecule has 1 aromatic rings. The molecule has 6 heteroatoms. The van der Waals surface area contributed by atoms with Crippen LogP contribution in [0.5, 0.6) is 11.5 Å². The van der Waals surface area contributed by atoms with Gasteiger partial charge in [-0.25, -0.2) is 0 Å². The first-order chi connectivity index (χ1) is 10.8. The quantitative estimate of drug-likeness (QED) is 0.893. The van der Waals surface area contributed by atoms with Crippen LogP contribution in [0, 0.1) is 11.8 Å². The predicted octanol–water partition coefficient (Wildman–Crippen LogP) is 1.95. The minimum Gasteiger partial charge on any atom is -0.486 e. The number of anilines is 1. The van der Waals surface area contributed by atoms with Gasteiger partial charge in [-0.05, 0) is 39.3 Å². The van der Waals surface area contributed by atoms with Crippen molar-refractivity contribution in [1.29, 1.82) is 0 Å². The molecule has 1 fully saturated rings. The van der Waals surface area contributed by atoms with Gasteiger partial charge in [-0.2, -0.15) is 0 Å². The van der Waals surface area contributed by atoms with Gasteiger partial charge in [0.05, 0.1) is 11.8 Å². The van der Waals surface area contributed by atoms with E-state index in [2.05, 4.69) is 10.6 Å². The summed E-state index contributed by atoms with van der Waals surface area (Å²) >= 11 is 0. The van der Waals surface area contributed by atoms with Gasteiger partial charge in [-0.1, -0.05) is 0 Å². The number of benzene rings is 1. The Morgan fingerprint density at radius 2 is 1.70 bits per heavy atom. The van der Waals surface area contributed by atoms with E-state index in [9.17, 15) is 9.59 Å². The van der Waals surface area contributed by atoms with Crippen molar-refractivity contribution in [2.24, 2.45) is 11.8 Å². The number of rotatable bonds is 3. The van der Waals surface area contributed by atoms with Crippen molar-refractivity contribution in [2.75, 3.05) is 18.5 Å². The van der Waals surface area contributed by atoms with Crippen molar-refractivity contribution in [3.05, 3.63) is 18.2 Å². The highest BCUT2D eigenvalue weighted by atomic mass is 16.6. The Bertz CT molecular complexity index is 636. The van der Waals surface area contributed by atoms with Crippen LogP contribution >= 0.6 is 0 Å². The third-order valence-corrected chi connectivity index (χ3v) is 3.77. The summed E-state index contributed by atoms with van der Waals surface area (Å²) in [6, 6.07) is 5.30. The summed E-state index contributed by atoms with van der Waals surface area (Å²) in [6.45, 7) is 6.82. The average molecular weight is 318 g/mol. The highest BCUT2D eigenvalue weighted by Crippen LogP contribution is 2.40. The molecule has 2 atom stereocenters. The van der Waals surface area contributed by atoms with Gasteiger partial charge in [0.25, 0.3) is 0 Å². The lowest BCUT2D eigenvalue weighted by Crippen LogP contribution is -2.42. The van der Waals surface area contributed by atoms with Crippen LogP contribution < -0.4 is 20.1 Å². The molecule has 1 aromatic carbocycles. The molecule has 124 valence electrons. The van der Waals surface area contributed by atoms with Crippen LogP contribution in [0.1, 0.15) is 27.2 Å². The molecule has 6 nitrogen and oxygen atoms in total. The van der Waals surface area contributed by atoms with Crippen molar-refractivity contribution >= 4 is 17.5 Å². The van der Waals surface area contributed by atoms with E-state index in [1.807, 2.05) is 20.8 Å². The summed E-state index contributed by atoms with van der Waals surface area (Å²) in [5.41, 5.74) is 0.373. The first-order valence-electron chi connectivity index (χ1n) is 7.86. The fourth-order valence-corrected chi connectivity index (χ4v) is 2.59. The standard InChI is InChI=1S/C17H22N2O4/c1-17(2,3)19-16(21)12-9-11(12)15(20)18-10-4-5-13-14(8-10)23-7-6-22-13/h4-5,8,11-12H,6-7,9H2,1-3H3,(H,18,20)(H,19,21). The molecule has 1 aliphatic heterocycles. The summed E-state index contributed by atoms with van der Waals surface area (Å²) in [5, 5.41) is 5.76. The van der Waals surface area contributed by atoms with E-state index in [0.717, 1.165) is 0 Å². The highest BCUT2D eigenvalue weighted by molar-refractivity contribution is 5.99. The maximum Gasteiger partial charge on any atom is 0.228 e. The molecule has 3 rings (SSSR count). The fraction of sp³-hybridized carbons (Fsp3) is 0.529. The molecule has 0 radical (unpaired) electrons. The number of hydrogen-bond acceptors (Lipinski definition) is 4. The number of amides is 2. The van der Waals surface area contributed by atoms with E-state index >= 15 is 0 Å². The molecule has 1 heterocycles. The molecule has 0 spiro atoms. The number of carbonyl (C=O) groups excluding carboxylic acids is 2. The van der Waals surface area contributed by atoms with Crippen molar-refractivity contribution < 1.29 is 19.1 Å². The van der Waals surface area contributed by atoms with Crippen LogP contribution in [-0.4, -0.2) is 30.6 Å². The number of ether oxygens (including phenoxy) is 2. The molecular formula is C17H22N2O4. The third-order valence-electron chi connectivity index (χ3n) is 3.77. The van der Waals surface area contributed by atoms with E-state index in [0.29, 0.717) is 36.8 Å². The number of fused-ring (bicyclic) bond motifs is 1. The predicted molar refractivity (Wildman–Crippen MR) is 85.6 cm³/mol. The lowest BCUT2D eigenvalue weighted by atomic mass is 10.1. The van der Waals surface area contributed by atoms with E-state index in [4.69, 9.17) is 9.47 Å². The van der Waals surface area contributed by atoms with Gasteiger partial charge in [-0.15, -0.1) is 0 Å². The number of nitrogens with one attached hydrogen (secondary N) is 2. The lowest BCUT2D eigenvalue weighted by molar-refractivity contribution is -0.126. The fourth-order valence-electron chi connectivity index (χ4n) is 2.59. The van der Waals surface area contributed by atoms with E-state index in [1.54, 1.807) is 18.2 Å². The van der Waals surface area contributed by atoms with Crippen molar-refractivity contribution in [3.63, 3.8) is 0 Å². The SMILES string of the molecule is CC(C)(C)NC(=O)C1CC1C(=O)Nc1ccc2c(c1)OCCO2. The number of hydrogen-bond donors (Lipinski definition) is 2. The molecule has 0 saturated heterocycles. The highest BCUT2D eigenvalue weighted by Gasteiger charge is 2.48. The zero-order valence-electron chi connectivity index (χ0n) is 13.6. The minimum absolute atomic E-state index is 0.0557. The van der Waals surface area contributed by atoms with Gasteiger partial charge in [0.15, 0.2) is 11.5 Å². The van der Waals surface area contributed by atoms with Crippen molar-refractivity contribution in [3.8, 4) is 11.5 Å². The molecule has 2 N–H and O–H groups in total. The van der Waals surface area contributed by atoms with Crippen LogP contribution in [0.4, 0.5) is 5.69 Å². The van der Waals surface area contributed by atoms with Gasteiger partial charge < -0.3 is 20.1 Å². The van der Waals surface area contributed by atoms with Gasteiger partial charge >= 0.3 is 0 Å². The maximum absolute atomic E-state index is 12.3. The topological polar surface area (TPSA) is 76.7 Å². The summed E-state index contributed by atoms with van der Waals surface area (Å²) in [4.78, 5) is 24.3. The Morgan fingerprint density at radius 1 is 1.04 bits per heavy atom. The van der Waals surface area contributed by atoms with Crippen LogP contribution in [-0.2, 0) is 9.59 Å². The minimum atomic E-state index is -0.281. The molecule has 2 aliphatic rings. The Morgan fingerprint density at radius 3 is 2.39 bits per heavy atom. The molecule has 0 bridgehead atoms. The summed E-state index contributed by atoms with van der Waals surface area (Å²) in [7, 11) is 0. The first kappa shape index (κ1) is 15.6. The second-order valence-electron chi connectivity index (χ2n) is 7.04. The van der Waals surface area contributed by atoms with Crippen LogP contribution in [0.2, 0.25) is 0 Å². The van der Waals surface area contributed by atoms with E-state index < -0.39 is 0 Å². The van der Waals surface area contributed by atoms with Gasteiger partial charge in [-0.3, -0.25) is 9.59 Å². The Balaban J connectivity index is 1.57. The Hall–Kier alpha value is -2.24. The first-order valence-corrected chi connectivity index (χ1v) is 7.86. The smallest absolute Gasteiger partial charge is 0.228 e. The average Bonchev–Trinajstić information content (AvgIpc) is 3.26. The lowest BCUT2D eigenvalue weighted by Gasteiger charge is -2.20. The summed E-state index contributed by atoms with van der Waals surface area (Å²) in [5.74, 6) is 0.641. The van der Waals surface area contributed by atoms with Gasteiger partial charge in [0.2, 0.25) is 11.8 Å². The summed E-state index contributed by atoms with van der Waals surface area (Å²) < 4.78 is 10.9. The molecule has 1 aliphatic carbocycles. The largest absolute Gasteiger partial charge is 0.486 e. The zero-order chi connectivity index (χ0) is 16.6. The van der Waals surface area contributed by atoms with Crippen molar-refractivity contribution in [2.45, 2.75) is 32.7 Å². The molecule has 1 saturated carbocycles. The zero-order valence-corrected chi connectivity index (χ0v) is 13.6. The second kappa shape index (κ2) is 5.76. The maximum atomic E-state index is 12.3. The van der Waals surface area contributed by atoms with Crippen molar-refractivity contribution in [1.82, 2.24) is 5.32 Å². The Kier molecular flexibility index (Phi) is 3.92. The molecule has 0 aromatic heterocycles. The molecule has 2 unspecified atom stereocenters.